The van der Waals surface area contributed by atoms with Crippen LogP contribution < -0.4 is 5.56 Å². The van der Waals surface area contributed by atoms with Crippen LogP contribution in [-0.2, 0) is 4.79 Å². The number of hydrogen-bond donors (Lipinski definition) is 0. The molecule has 1 amide bonds. The number of aryl methyl sites for hydroxylation is 1. The van der Waals surface area contributed by atoms with E-state index in [0.717, 1.165) is 31.4 Å². The number of carbonyl (C=O) groups is 1. The van der Waals surface area contributed by atoms with Crippen molar-refractivity contribution in [1.82, 2.24) is 19.1 Å². The first-order valence-corrected chi connectivity index (χ1v) is 8.38. The fourth-order valence-corrected chi connectivity index (χ4v) is 3.61. The Bertz CT molecular complexity index is 975. The molecule has 4 rings (SSSR count). The Balaban J connectivity index is 1.87. The summed E-state index contributed by atoms with van der Waals surface area (Å²) in [4.78, 5) is 27.6. The molecule has 1 fully saturated rings. The van der Waals surface area contributed by atoms with Crippen LogP contribution in [0.4, 0.5) is 0 Å². The van der Waals surface area contributed by atoms with Crippen molar-refractivity contribution in [3.8, 4) is 0 Å². The van der Waals surface area contributed by atoms with Gasteiger partial charge in [0.25, 0.3) is 5.56 Å². The maximum Gasteiger partial charge on any atom is 0.291 e. The van der Waals surface area contributed by atoms with E-state index in [-0.39, 0.29) is 11.5 Å². The van der Waals surface area contributed by atoms with Crippen molar-refractivity contribution >= 4 is 22.5 Å². The van der Waals surface area contributed by atoms with Crippen molar-refractivity contribution in [3.05, 3.63) is 34.6 Å². The van der Waals surface area contributed by atoms with Crippen molar-refractivity contribution in [3.63, 3.8) is 0 Å². The maximum absolute atomic E-state index is 12.9. The summed E-state index contributed by atoms with van der Waals surface area (Å²) in [6.07, 6.45) is 4.18. The van der Waals surface area contributed by atoms with Crippen molar-refractivity contribution in [2.75, 3.05) is 13.1 Å². The minimum Gasteiger partial charge on any atom is -0.463 e. The van der Waals surface area contributed by atoms with E-state index in [9.17, 15) is 9.59 Å². The van der Waals surface area contributed by atoms with Crippen LogP contribution in [0.5, 0.6) is 0 Å². The van der Waals surface area contributed by atoms with E-state index >= 15 is 0 Å². The molecule has 0 radical (unpaired) electrons. The molecule has 24 heavy (non-hydrogen) atoms. The van der Waals surface area contributed by atoms with Crippen molar-refractivity contribution in [2.24, 2.45) is 0 Å². The Morgan fingerprint density at radius 3 is 2.79 bits per heavy atom. The van der Waals surface area contributed by atoms with E-state index in [1.165, 1.54) is 4.68 Å². The van der Waals surface area contributed by atoms with Crippen LogP contribution in [0.1, 0.15) is 38.1 Å². The van der Waals surface area contributed by atoms with Gasteiger partial charge in [0.2, 0.25) is 5.91 Å². The molecule has 1 saturated heterocycles. The van der Waals surface area contributed by atoms with Crippen LogP contribution in [0, 0.1) is 6.92 Å². The molecule has 3 aromatic rings. The molecular weight excluding hydrogens is 308 g/mol. The number of fused-ring (bicyclic) bond motifs is 3. The molecule has 4 heterocycles. The third-order valence-electron chi connectivity index (χ3n) is 4.81. The third kappa shape index (κ3) is 2.07. The Labute approximate surface area is 138 Å². The minimum absolute atomic E-state index is 0.0106. The Kier molecular flexibility index (Phi) is 3.44. The fraction of sp³-hybridized carbons (Fsp3) is 0.471. The summed E-state index contributed by atoms with van der Waals surface area (Å²) in [7, 11) is 0. The summed E-state index contributed by atoms with van der Waals surface area (Å²) < 4.78 is 8.53. The predicted molar refractivity (Wildman–Crippen MR) is 89.1 cm³/mol. The molecule has 1 atom stereocenters. The van der Waals surface area contributed by atoms with Crippen LogP contribution in [0.25, 0.3) is 16.6 Å². The summed E-state index contributed by atoms with van der Waals surface area (Å²) >= 11 is 0. The third-order valence-corrected chi connectivity index (χ3v) is 4.81. The molecule has 3 aromatic heterocycles. The van der Waals surface area contributed by atoms with Gasteiger partial charge in [-0.1, -0.05) is 6.92 Å². The topological polar surface area (TPSA) is 72.8 Å². The summed E-state index contributed by atoms with van der Waals surface area (Å²) in [6.45, 7) is 5.28. The Hall–Kier alpha value is -2.57. The molecule has 0 spiro atoms. The second-order valence-corrected chi connectivity index (χ2v) is 6.29. The highest BCUT2D eigenvalue weighted by atomic mass is 16.3. The minimum atomic E-state index is -0.555. The first kappa shape index (κ1) is 15.0. The van der Waals surface area contributed by atoms with Gasteiger partial charge in [0.1, 0.15) is 17.4 Å². The van der Waals surface area contributed by atoms with Gasteiger partial charge in [0.15, 0.2) is 5.58 Å². The zero-order valence-electron chi connectivity index (χ0n) is 13.9. The van der Waals surface area contributed by atoms with E-state index in [1.807, 2.05) is 24.8 Å². The average molecular weight is 328 g/mol. The van der Waals surface area contributed by atoms with Crippen LogP contribution >= 0.6 is 0 Å². The molecule has 1 unspecified atom stereocenters. The number of carbonyl (C=O) groups excluding carboxylic acids is 1. The first-order valence-electron chi connectivity index (χ1n) is 8.38. The van der Waals surface area contributed by atoms with Gasteiger partial charge >= 0.3 is 0 Å². The van der Waals surface area contributed by atoms with Gasteiger partial charge in [-0.15, -0.1) is 0 Å². The number of nitrogens with zero attached hydrogens (tertiary/aromatic N) is 4. The maximum atomic E-state index is 12.9. The standard InChI is InChI=1S/C17H20N4O3/c1-3-12(16(22)19-7-4-5-8-19)21-17(23)14-10-15-13(6-9-24-15)20(14)11(2)18-21/h6,9-10,12H,3-5,7-8H2,1-2H3. The van der Waals surface area contributed by atoms with Gasteiger partial charge in [-0.3, -0.25) is 14.0 Å². The summed E-state index contributed by atoms with van der Waals surface area (Å²) in [6, 6.07) is 2.98. The Morgan fingerprint density at radius 1 is 1.33 bits per heavy atom. The molecule has 7 heteroatoms. The van der Waals surface area contributed by atoms with Gasteiger partial charge < -0.3 is 9.32 Å². The molecule has 7 nitrogen and oxygen atoms in total. The van der Waals surface area contributed by atoms with Crippen LogP contribution in [0.2, 0.25) is 0 Å². The Morgan fingerprint density at radius 2 is 2.08 bits per heavy atom. The van der Waals surface area contributed by atoms with E-state index < -0.39 is 6.04 Å². The largest absolute Gasteiger partial charge is 0.463 e. The number of furan rings is 1. The van der Waals surface area contributed by atoms with Gasteiger partial charge in [-0.25, -0.2) is 4.68 Å². The normalized spacial score (nSPS) is 16.3. The number of aromatic nitrogens is 3. The molecule has 0 aliphatic carbocycles. The highest BCUT2D eigenvalue weighted by Gasteiger charge is 2.29. The molecule has 0 aromatic carbocycles. The van der Waals surface area contributed by atoms with Crippen LogP contribution in [-0.4, -0.2) is 38.1 Å². The van der Waals surface area contributed by atoms with Crippen molar-refractivity contribution < 1.29 is 9.21 Å². The van der Waals surface area contributed by atoms with E-state index in [1.54, 1.807) is 16.7 Å². The highest BCUT2D eigenvalue weighted by Crippen LogP contribution is 2.22. The molecule has 0 bridgehead atoms. The number of hydrogen-bond acceptors (Lipinski definition) is 4. The summed E-state index contributed by atoms with van der Waals surface area (Å²) in [5, 5.41) is 4.44. The van der Waals surface area contributed by atoms with Crippen LogP contribution in [0.15, 0.2) is 27.6 Å². The van der Waals surface area contributed by atoms with Crippen molar-refractivity contribution in [2.45, 2.75) is 39.2 Å². The first-order chi connectivity index (χ1) is 11.6. The number of likely N-dealkylation sites (tertiary alicyclic amines) is 1. The van der Waals surface area contributed by atoms with Gasteiger partial charge in [0, 0.05) is 25.2 Å². The second kappa shape index (κ2) is 5.51. The monoisotopic (exact) mass is 328 g/mol. The predicted octanol–water partition coefficient (Wildman–Crippen LogP) is 2.12. The molecule has 126 valence electrons. The second-order valence-electron chi connectivity index (χ2n) is 6.29. The zero-order chi connectivity index (χ0) is 16.8. The fourth-order valence-electron chi connectivity index (χ4n) is 3.61. The van der Waals surface area contributed by atoms with Gasteiger partial charge in [-0.2, -0.15) is 5.10 Å². The van der Waals surface area contributed by atoms with E-state index in [2.05, 4.69) is 5.10 Å². The molecule has 1 aliphatic rings. The molecule has 0 N–H and O–H groups in total. The van der Waals surface area contributed by atoms with Crippen molar-refractivity contribution in [1.29, 1.82) is 0 Å². The lowest BCUT2D eigenvalue weighted by Crippen LogP contribution is -2.40. The lowest BCUT2D eigenvalue weighted by atomic mass is 10.2. The molecule has 1 aliphatic heterocycles. The van der Waals surface area contributed by atoms with Gasteiger partial charge in [-0.05, 0) is 26.2 Å². The quantitative estimate of drug-likeness (QED) is 0.738. The average Bonchev–Trinajstić information content (AvgIpc) is 3.28. The number of rotatable bonds is 3. The summed E-state index contributed by atoms with van der Waals surface area (Å²) in [5.74, 6) is 0.650. The van der Waals surface area contributed by atoms with E-state index in [0.29, 0.717) is 23.3 Å². The van der Waals surface area contributed by atoms with Crippen LogP contribution in [0.3, 0.4) is 0 Å². The molecular formula is C17H20N4O3. The molecule has 0 saturated carbocycles. The lowest BCUT2D eigenvalue weighted by molar-refractivity contribution is -0.134. The highest BCUT2D eigenvalue weighted by molar-refractivity contribution is 5.83. The summed E-state index contributed by atoms with van der Waals surface area (Å²) in [5.41, 5.74) is 1.70. The smallest absolute Gasteiger partial charge is 0.291 e. The zero-order valence-corrected chi connectivity index (χ0v) is 13.9. The number of amides is 1. The van der Waals surface area contributed by atoms with E-state index in [4.69, 9.17) is 4.42 Å². The lowest BCUT2D eigenvalue weighted by Gasteiger charge is -2.23. The van der Waals surface area contributed by atoms with Gasteiger partial charge in [0.05, 0.1) is 11.8 Å². The SMILES string of the molecule is CCC(C(=O)N1CCCC1)n1nc(C)n2c(cc3occc32)c1=O.